The van der Waals surface area contributed by atoms with Crippen LogP contribution < -0.4 is 4.90 Å². The van der Waals surface area contributed by atoms with Crippen LogP contribution in [0.25, 0.3) is 0 Å². The third kappa shape index (κ3) is 2.05. The van der Waals surface area contributed by atoms with Crippen molar-refractivity contribution in [2.24, 2.45) is 5.92 Å². The van der Waals surface area contributed by atoms with E-state index in [-0.39, 0.29) is 0 Å². The maximum absolute atomic E-state index is 10.8. The molecule has 1 aromatic rings. The predicted octanol–water partition coefficient (Wildman–Crippen LogP) is 1.70. The maximum Gasteiger partial charge on any atom is 0.303 e. The molecule has 5 heteroatoms. The van der Waals surface area contributed by atoms with Gasteiger partial charge in [0, 0.05) is 30.9 Å². The molecule has 2 saturated heterocycles. The van der Waals surface area contributed by atoms with E-state index >= 15 is 0 Å². The first-order valence-electron chi connectivity index (χ1n) is 6.51. The third-order valence-corrected chi connectivity index (χ3v) is 4.08. The van der Waals surface area contributed by atoms with Gasteiger partial charge in [-0.05, 0) is 37.7 Å². The van der Waals surface area contributed by atoms with E-state index in [4.69, 9.17) is 5.11 Å². The summed E-state index contributed by atoms with van der Waals surface area (Å²) in [6.45, 7) is 0. The lowest BCUT2D eigenvalue weighted by atomic mass is 9.88. The molecule has 2 atom stereocenters. The van der Waals surface area contributed by atoms with E-state index in [1.54, 1.807) is 12.4 Å². The summed E-state index contributed by atoms with van der Waals surface area (Å²) >= 11 is 0. The van der Waals surface area contributed by atoms with Crippen LogP contribution >= 0.6 is 0 Å². The fourth-order valence-corrected chi connectivity index (χ4v) is 3.45. The van der Waals surface area contributed by atoms with Crippen molar-refractivity contribution in [2.45, 2.75) is 44.2 Å². The molecule has 1 N–H and O–H groups in total. The topological polar surface area (TPSA) is 66.3 Å². The number of piperidine rings is 1. The number of hydrogen-bond acceptors (Lipinski definition) is 4. The monoisotopic (exact) mass is 247 g/mol. The number of carbonyl (C=O) groups is 1. The molecule has 2 aliphatic rings. The minimum atomic E-state index is -0.677. The van der Waals surface area contributed by atoms with Crippen LogP contribution in [0.15, 0.2) is 18.5 Å². The molecule has 2 unspecified atom stereocenters. The van der Waals surface area contributed by atoms with Gasteiger partial charge in [0.2, 0.25) is 5.95 Å². The molecule has 0 spiro atoms. The zero-order chi connectivity index (χ0) is 12.5. The van der Waals surface area contributed by atoms with Crippen LogP contribution in [0.1, 0.15) is 32.1 Å². The summed E-state index contributed by atoms with van der Waals surface area (Å²) in [5, 5.41) is 8.90. The van der Waals surface area contributed by atoms with Gasteiger partial charge in [0.05, 0.1) is 0 Å². The molecule has 2 fully saturated rings. The molecule has 0 amide bonds. The Labute approximate surface area is 106 Å². The summed E-state index contributed by atoms with van der Waals surface area (Å²) < 4.78 is 0. The molecular formula is C13H17N3O2. The molecule has 5 nitrogen and oxygen atoms in total. The zero-order valence-corrected chi connectivity index (χ0v) is 10.2. The van der Waals surface area contributed by atoms with Gasteiger partial charge < -0.3 is 10.0 Å². The molecule has 0 aliphatic carbocycles. The summed E-state index contributed by atoms with van der Waals surface area (Å²) in [7, 11) is 0. The molecule has 0 saturated carbocycles. The Morgan fingerprint density at radius 3 is 2.44 bits per heavy atom. The Kier molecular flexibility index (Phi) is 2.89. The Hall–Kier alpha value is -1.65. The Morgan fingerprint density at radius 1 is 1.28 bits per heavy atom. The molecule has 2 bridgehead atoms. The van der Waals surface area contributed by atoms with Gasteiger partial charge in [-0.3, -0.25) is 4.79 Å². The Morgan fingerprint density at radius 2 is 1.89 bits per heavy atom. The normalized spacial score (nSPS) is 30.4. The van der Waals surface area contributed by atoms with Gasteiger partial charge in [0.15, 0.2) is 0 Å². The van der Waals surface area contributed by atoms with Crippen LogP contribution in [0.3, 0.4) is 0 Å². The molecule has 96 valence electrons. The van der Waals surface area contributed by atoms with Crippen molar-refractivity contribution in [3.63, 3.8) is 0 Å². The quantitative estimate of drug-likeness (QED) is 0.880. The minimum absolute atomic E-state index is 0.302. The number of fused-ring (bicyclic) bond motifs is 2. The molecular weight excluding hydrogens is 230 g/mol. The second kappa shape index (κ2) is 4.55. The molecule has 3 heterocycles. The molecule has 0 aromatic carbocycles. The summed E-state index contributed by atoms with van der Waals surface area (Å²) in [5.41, 5.74) is 0. The maximum atomic E-state index is 10.8. The lowest BCUT2D eigenvalue weighted by molar-refractivity contribution is -0.138. The number of hydrogen-bond donors (Lipinski definition) is 1. The highest BCUT2D eigenvalue weighted by molar-refractivity contribution is 5.67. The summed E-state index contributed by atoms with van der Waals surface area (Å²) in [6, 6.07) is 2.67. The van der Waals surface area contributed by atoms with Gasteiger partial charge >= 0.3 is 5.97 Å². The van der Waals surface area contributed by atoms with Crippen LogP contribution in [0.2, 0.25) is 0 Å². The number of aromatic nitrogens is 2. The van der Waals surface area contributed by atoms with E-state index in [9.17, 15) is 4.79 Å². The second-order valence-corrected chi connectivity index (χ2v) is 5.28. The zero-order valence-electron chi connectivity index (χ0n) is 10.2. The van der Waals surface area contributed by atoms with Gasteiger partial charge in [-0.2, -0.15) is 0 Å². The molecule has 0 radical (unpaired) electrons. The van der Waals surface area contributed by atoms with Crippen molar-refractivity contribution < 1.29 is 9.90 Å². The lowest BCUT2D eigenvalue weighted by Gasteiger charge is -2.38. The second-order valence-electron chi connectivity index (χ2n) is 5.28. The van der Waals surface area contributed by atoms with E-state index in [2.05, 4.69) is 14.9 Å². The summed E-state index contributed by atoms with van der Waals surface area (Å²) in [4.78, 5) is 21.8. The van der Waals surface area contributed by atoms with Crippen LogP contribution in [0, 0.1) is 5.92 Å². The Balaban J connectivity index is 1.76. The third-order valence-electron chi connectivity index (χ3n) is 4.08. The lowest BCUT2D eigenvalue weighted by Crippen LogP contribution is -2.44. The highest BCUT2D eigenvalue weighted by Crippen LogP contribution is 2.41. The fourth-order valence-electron chi connectivity index (χ4n) is 3.45. The van der Waals surface area contributed by atoms with Gasteiger partial charge in [0.25, 0.3) is 0 Å². The number of rotatable bonds is 3. The first-order valence-corrected chi connectivity index (χ1v) is 6.51. The van der Waals surface area contributed by atoms with E-state index in [1.807, 2.05) is 6.07 Å². The van der Waals surface area contributed by atoms with Crippen molar-refractivity contribution in [3.05, 3.63) is 18.5 Å². The highest BCUT2D eigenvalue weighted by atomic mass is 16.4. The van der Waals surface area contributed by atoms with Crippen molar-refractivity contribution in [3.8, 4) is 0 Å². The number of carboxylic acids is 1. The van der Waals surface area contributed by atoms with Crippen molar-refractivity contribution in [1.29, 1.82) is 0 Å². The van der Waals surface area contributed by atoms with E-state index < -0.39 is 5.97 Å². The van der Waals surface area contributed by atoms with Crippen LogP contribution in [0.4, 0.5) is 5.95 Å². The molecule has 3 rings (SSSR count). The number of carboxylic acid groups (broad SMARTS) is 1. The van der Waals surface area contributed by atoms with Crippen molar-refractivity contribution in [2.75, 3.05) is 4.90 Å². The molecule has 2 aliphatic heterocycles. The first-order chi connectivity index (χ1) is 8.74. The van der Waals surface area contributed by atoms with Crippen LogP contribution in [-0.2, 0) is 4.79 Å². The van der Waals surface area contributed by atoms with Gasteiger partial charge in [0.1, 0.15) is 0 Å². The standard InChI is InChI=1S/C13H17N3O2/c17-12(18)8-9-6-10-2-3-11(7-9)16(10)13-14-4-1-5-15-13/h1,4-5,9-11H,2-3,6-8H2,(H,17,18). The minimum Gasteiger partial charge on any atom is -0.481 e. The fraction of sp³-hybridized carbons (Fsp3) is 0.615. The largest absolute Gasteiger partial charge is 0.481 e. The number of aliphatic carboxylic acids is 1. The SMILES string of the molecule is O=C(O)CC1CC2CCC(C1)N2c1ncccn1. The average molecular weight is 247 g/mol. The van der Waals surface area contributed by atoms with Gasteiger partial charge in [-0.1, -0.05) is 0 Å². The number of nitrogens with zero attached hydrogens (tertiary/aromatic N) is 3. The van der Waals surface area contributed by atoms with Crippen LogP contribution in [-0.4, -0.2) is 33.1 Å². The van der Waals surface area contributed by atoms with Gasteiger partial charge in [-0.25, -0.2) is 9.97 Å². The highest BCUT2D eigenvalue weighted by Gasteiger charge is 2.42. The molecule has 18 heavy (non-hydrogen) atoms. The van der Waals surface area contributed by atoms with E-state index in [0.29, 0.717) is 24.4 Å². The van der Waals surface area contributed by atoms with E-state index in [1.165, 1.54) is 0 Å². The van der Waals surface area contributed by atoms with Crippen molar-refractivity contribution in [1.82, 2.24) is 9.97 Å². The molecule has 1 aromatic heterocycles. The van der Waals surface area contributed by atoms with Gasteiger partial charge in [-0.15, -0.1) is 0 Å². The van der Waals surface area contributed by atoms with Crippen LogP contribution in [0.5, 0.6) is 0 Å². The van der Waals surface area contributed by atoms with E-state index in [0.717, 1.165) is 31.6 Å². The average Bonchev–Trinajstić information content (AvgIpc) is 2.62. The number of anilines is 1. The Bertz CT molecular complexity index is 423. The first kappa shape index (κ1) is 11.4. The smallest absolute Gasteiger partial charge is 0.303 e. The summed E-state index contributed by atoms with van der Waals surface area (Å²) in [6.07, 6.45) is 8.03. The van der Waals surface area contributed by atoms with Crippen molar-refractivity contribution >= 4 is 11.9 Å². The predicted molar refractivity (Wildman–Crippen MR) is 66.3 cm³/mol. The summed E-state index contributed by atoms with van der Waals surface area (Å²) in [5.74, 6) is 0.447.